The normalized spacial score (nSPS) is 16.8. The summed E-state index contributed by atoms with van der Waals surface area (Å²) in [5.41, 5.74) is 1.47. The van der Waals surface area contributed by atoms with E-state index in [1.165, 1.54) is 4.31 Å². The van der Waals surface area contributed by atoms with Crippen LogP contribution in [0.2, 0.25) is 0 Å². The van der Waals surface area contributed by atoms with Gasteiger partial charge in [0.2, 0.25) is 15.9 Å². The average Bonchev–Trinajstić information content (AvgIpc) is 3.13. The maximum atomic E-state index is 13.4. The highest BCUT2D eigenvalue weighted by Gasteiger charge is 2.37. The van der Waals surface area contributed by atoms with Gasteiger partial charge in [-0.1, -0.05) is 0 Å². The summed E-state index contributed by atoms with van der Waals surface area (Å²) in [5.74, 6) is 0.0456. The maximum absolute atomic E-state index is 13.4. The molecule has 3 heterocycles. The molecule has 0 bridgehead atoms. The molecule has 34 heavy (non-hydrogen) atoms. The molecule has 1 saturated heterocycles. The number of sulfonamides is 1. The number of fused-ring (bicyclic) bond motifs is 1. The fourth-order valence-corrected chi connectivity index (χ4v) is 6.26. The predicted octanol–water partition coefficient (Wildman–Crippen LogP) is 2.62. The minimum Gasteiger partial charge on any atom is -0.486 e. The Bertz CT molecular complexity index is 1200. The number of esters is 1. The Labute approximate surface area is 198 Å². The number of carbonyl (C=O) groups is 2. The van der Waals surface area contributed by atoms with E-state index in [1.54, 1.807) is 39.0 Å². The SMILES string of the molecule is CCOC(=O)c1c(C)[nH]c(C)c1S(=O)(=O)N1CCC(C(=O)Nc2ccc3c(c2)OCCO3)CC1. The predicted molar refractivity (Wildman–Crippen MR) is 124 cm³/mol. The fraction of sp³-hybridized carbons (Fsp3) is 0.478. The second-order valence-electron chi connectivity index (χ2n) is 8.33. The summed E-state index contributed by atoms with van der Waals surface area (Å²) in [6.45, 7) is 6.37. The smallest absolute Gasteiger partial charge is 0.341 e. The Morgan fingerprint density at radius 3 is 2.47 bits per heavy atom. The van der Waals surface area contributed by atoms with Gasteiger partial charge in [0.15, 0.2) is 11.5 Å². The Balaban J connectivity index is 1.43. The first-order chi connectivity index (χ1) is 16.2. The molecule has 184 valence electrons. The van der Waals surface area contributed by atoms with Gasteiger partial charge in [-0.05, 0) is 45.7 Å². The molecule has 11 heteroatoms. The summed E-state index contributed by atoms with van der Waals surface area (Å²) < 4.78 is 44.3. The Morgan fingerprint density at radius 1 is 1.12 bits per heavy atom. The molecule has 4 rings (SSSR count). The minimum atomic E-state index is -3.95. The number of nitrogens with zero attached hydrogens (tertiary/aromatic N) is 1. The highest BCUT2D eigenvalue weighted by molar-refractivity contribution is 7.89. The van der Waals surface area contributed by atoms with E-state index in [0.29, 0.717) is 54.6 Å². The standard InChI is InChI=1S/C23H29N3O7S/c1-4-31-23(28)20-14(2)24-15(3)21(20)34(29,30)26-9-7-16(8-10-26)22(27)25-17-5-6-18-19(13-17)33-12-11-32-18/h5-6,13,16,24H,4,7-12H2,1-3H3,(H,25,27). The van der Waals surface area contributed by atoms with E-state index in [4.69, 9.17) is 14.2 Å². The van der Waals surface area contributed by atoms with Crippen LogP contribution < -0.4 is 14.8 Å². The number of ether oxygens (including phenoxy) is 3. The molecule has 2 aliphatic heterocycles. The second kappa shape index (κ2) is 9.67. The molecule has 1 aromatic heterocycles. The number of amides is 1. The number of anilines is 1. The lowest BCUT2D eigenvalue weighted by molar-refractivity contribution is -0.120. The zero-order valence-electron chi connectivity index (χ0n) is 19.5. The lowest BCUT2D eigenvalue weighted by Gasteiger charge is -2.30. The highest BCUT2D eigenvalue weighted by Crippen LogP contribution is 2.34. The Morgan fingerprint density at radius 2 is 1.79 bits per heavy atom. The van der Waals surface area contributed by atoms with Crippen LogP contribution in [0.15, 0.2) is 23.1 Å². The number of piperidine rings is 1. The van der Waals surface area contributed by atoms with E-state index < -0.39 is 16.0 Å². The van der Waals surface area contributed by atoms with Gasteiger partial charge in [-0.25, -0.2) is 13.2 Å². The van der Waals surface area contributed by atoms with Crippen molar-refractivity contribution in [3.05, 3.63) is 35.2 Å². The molecule has 10 nitrogen and oxygen atoms in total. The molecule has 0 spiro atoms. The average molecular weight is 492 g/mol. The number of carbonyl (C=O) groups excluding carboxylic acids is 2. The number of rotatable bonds is 6. The van der Waals surface area contributed by atoms with Crippen molar-refractivity contribution in [1.82, 2.24) is 9.29 Å². The number of aromatic nitrogens is 1. The van der Waals surface area contributed by atoms with Crippen molar-refractivity contribution < 1.29 is 32.2 Å². The van der Waals surface area contributed by atoms with Gasteiger partial charge in [-0.3, -0.25) is 4.79 Å². The molecule has 2 aliphatic rings. The van der Waals surface area contributed by atoms with E-state index in [-0.39, 0.29) is 42.0 Å². The van der Waals surface area contributed by atoms with Crippen molar-refractivity contribution in [3.63, 3.8) is 0 Å². The first-order valence-electron chi connectivity index (χ1n) is 11.3. The zero-order chi connectivity index (χ0) is 24.5. The molecule has 1 aromatic carbocycles. The van der Waals surface area contributed by atoms with Crippen LogP contribution in [0.3, 0.4) is 0 Å². The van der Waals surface area contributed by atoms with Crippen LogP contribution in [-0.2, 0) is 19.6 Å². The summed E-state index contributed by atoms with van der Waals surface area (Å²) >= 11 is 0. The molecule has 1 amide bonds. The van der Waals surface area contributed by atoms with Gasteiger partial charge in [-0.15, -0.1) is 0 Å². The lowest BCUT2D eigenvalue weighted by atomic mass is 9.97. The van der Waals surface area contributed by atoms with Gasteiger partial charge >= 0.3 is 5.97 Å². The number of aromatic amines is 1. The zero-order valence-corrected chi connectivity index (χ0v) is 20.3. The van der Waals surface area contributed by atoms with Crippen LogP contribution in [0.4, 0.5) is 5.69 Å². The van der Waals surface area contributed by atoms with Crippen molar-refractivity contribution >= 4 is 27.6 Å². The maximum Gasteiger partial charge on any atom is 0.341 e. The van der Waals surface area contributed by atoms with Crippen LogP contribution in [0.25, 0.3) is 0 Å². The molecule has 2 aromatic rings. The summed E-state index contributed by atoms with van der Waals surface area (Å²) in [4.78, 5) is 28.1. The monoisotopic (exact) mass is 491 g/mol. The number of benzene rings is 1. The summed E-state index contributed by atoms with van der Waals surface area (Å²) in [5, 5.41) is 2.89. The summed E-state index contributed by atoms with van der Waals surface area (Å²) in [6.07, 6.45) is 0.736. The van der Waals surface area contributed by atoms with Gasteiger partial charge in [0.25, 0.3) is 0 Å². The highest BCUT2D eigenvalue weighted by atomic mass is 32.2. The number of hydrogen-bond acceptors (Lipinski definition) is 7. The quantitative estimate of drug-likeness (QED) is 0.595. The third-order valence-electron chi connectivity index (χ3n) is 6.03. The molecular formula is C23H29N3O7S. The van der Waals surface area contributed by atoms with E-state index in [0.717, 1.165) is 0 Å². The summed E-state index contributed by atoms with van der Waals surface area (Å²) in [6, 6.07) is 5.22. The molecule has 0 aliphatic carbocycles. The molecule has 1 fully saturated rings. The number of aryl methyl sites for hydroxylation is 2. The molecule has 0 radical (unpaired) electrons. The molecule has 0 atom stereocenters. The van der Waals surface area contributed by atoms with E-state index in [9.17, 15) is 18.0 Å². The first-order valence-corrected chi connectivity index (χ1v) is 12.7. The van der Waals surface area contributed by atoms with Crippen LogP contribution in [0.5, 0.6) is 11.5 Å². The van der Waals surface area contributed by atoms with Crippen molar-refractivity contribution in [3.8, 4) is 11.5 Å². The third-order valence-corrected chi connectivity index (χ3v) is 8.10. The van der Waals surface area contributed by atoms with E-state index >= 15 is 0 Å². The second-order valence-corrected chi connectivity index (χ2v) is 10.2. The van der Waals surface area contributed by atoms with Gasteiger partial charge in [0.05, 0.1) is 6.61 Å². The van der Waals surface area contributed by atoms with Crippen LogP contribution in [0, 0.1) is 19.8 Å². The topological polar surface area (TPSA) is 127 Å². The molecular weight excluding hydrogens is 462 g/mol. The molecule has 0 saturated carbocycles. The van der Waals surface area contributed by atoms with Gasteiger partial charge in [-0.2, -0.15) is 4.31 Å². The van der Waals surface area contributed by atoms with Crippen molar-refractivity contribution in [1.29, 1.82) is 0 Å². The summed E-state index contributed by atoms with van der Waals surface area (Å²) in [7, 11) is -3.95. The lowest BCUT2D eigenvalue weighted by Crippen LogP contribution is -2.41. The van der Waals surface area contributed by atoms with Crippen molar-refractivity contribution in [2.45, 2.75) is 38.5 Å². The molecule has 0 unspecified atom stereocenters. The largest absolute Gasteiger partial charge is 0.486 e. The van der Waals surface area contributed by atoms with E-state index in [2.05, 4.69) is 10.3 Å². The number of H-pyrrole nitrogens is 1. The van der Waals surface area contributed by atoms with Crippen molar-refractivity contribution in [2.24, 2.45) is 5.92 Å². The van der Waals surface area contributed by atoms with Crippen LogP contribution in [0.1, 0.15) is 41.5 Å². The van der Waals surface area contributed by atoms with Crippen LogP contribution in [-0.4, -0.2) is 62.5 Å². The Kier molecular flexibility index (Phi) is 6.85. The first kappa shape index (κ1) is 24.1. The number of hydrogen-bond donors (Lipinski definition) is 2. The van der Waals surface area contributed by atoms with Crippen LogP contribution >= 0.6 is 0 Å². The number of nitrogens with one attached hydrogen (secondary N) is 2. The van der Waals surface area contributed by atoms with Gasteiger partial charge < -0.3 is 24.5 Å². The Hall–Kier alpha value is -3.05. The van der Waals surface area contributed by atoms with Crippen molar-refractivity contribution in [2.75, 3.05) is 38.2 Å². The molecule has 2 N–H and O–H groups in total. The van der Waals surface area contributed by atoms with Gasteiger partial charge in [0, 0.05) is 42.1 Å². The van der Waals surface area contributed by atoms with E-state index in [1.807, 2.05) is 0 Å². The third kappa shape index (κ3) is 4.62. The van der Waals surface area contributed by atoms with Gasteiger partial charge in [0.1, 0.15) is 23.7 Å². The minimum absolute atomic E-state index is 0.0397. The fourth-order valence-electron chi connectivity index (χ4n) is 4.38.